The summed E-state index contributed by atoms with van der Waals surface area (Å²) in [5, 5.41) is 3.31. The molecular weight excluding hydrogens is 240 g/mol. The van der Waals surface area contributed by atoms with Crippen molar-refractivity contribution in [3.05, 3.63) is 36.1 Å². The molecule has 1 atom stereocenters. The van der Waals surface area contributed by atoms with E-state index in [1.165, 1.54) is 6.42 Å². The summed E-state index contributed by atoms with van der Waals surface area (Å²) in [4.78, 5) is 13.5. The molecule has 0 bridgehead atoms. The molecule has 0 aliphatic carbocycles. The first kappa shape index (κ1) is 13.9. The van der Waals surface area contributed by atoms with Crippen LogP contribution in [0.2, 0.25) is 0 Å². The van der Waals surface area contributed by atoms with Gasteiger partial charge < -0.3 is 10.1 Å². The Labute approximate surface area is 114 Å². The van der Waals surface area contributed by atoms with E-state index in [0.717, 1.165) is 12.1 Å². The highest BCUT2D eigenvalue weighted by molar-refractivity contribution is 5.70. The molecule has 2 rings (SSSR count). The first-order chi connectivity index (χ1) is 8.94. The van der Waals surface area contributed by atoms with Crippen LogP contribution in [-0.2, 0) is 4.74 Å². The van der Waals surface area contributed by atoms with Gasteiger partial charge in [0, 0.05) is 12.2 Å². The van der Waals surface area contributed by atoms with Crippen LogP contribution in [0.3, 0.4) is 0 Å². The largest absolute Gasteiger partial charge is 0.443 e. The molecule has 1 unspecified atom stereocenters. The fourth-order valence-electron chi connectivity index (χ4n) is 1.84. The SMILES string of the molecule is CC(C)(C)OC(=O)N1C=CC=C(C=CC2CCN2)C1. The summed E-state index contributed by atoms with van der Waals surface area (Å²) in [6.07, 6.45) is 10.8. The molecule has 1 N–H and O–H groups in total. The molecule has 0 aromatic carbocycles. The standard InChI is InChI=1S/C15H22N2O2/c1-15(2,3)19-14(18)17-10-4-5-12(11-17)6-7-13-8-9-16-13/h4-7,10,13,16H,8-9,11H2,1-3H3. The van der Waals surface area contributed by atoms with Gasteiger partial charge in [-0.05, 0) is 45.4 Å². The topological polar surface area (TPSA) is 41.6 Å². The molecule has 2 aliphatic rings. The predicted molar refractivity (Wildman–Crippen MR) is 75.7 cm³/mol. The molecule has 0 aromatic rings. The van der Waals surface area contributed by atoms with Gasteiger partial charge in [-0.25, -0.2) is 4.79 Å². The van der Waals surface area contributed by atoms with Gasteiger partial charge in [-0.15, -0.1) is 0 Å². The van der Waals surface area contributed by atoms with Gasteiger partial charge in [0.15, 0.2) is 0 Å². The lowest BCUT2D eigenvalue weighted by molar-refractivity contribution is 0.0347. The average molecular weight is 262 g/mol. The van der Waals surface area contributed by atoms with Crippen LogP contribution in [0.25, 0.3) is 0 Å². The number of hydrogen-bond donors (Lipinski definition) is 1. The maximum atomic E-state index is 12.0. The van der Waals surface area contributed by atoms with E-state index in [1.807, 2.05) is 32.9 Å². The minimum absolute atomic E-state index is 0.301. The van der Waals surface area contributed by atoms with Crippen molar-refractivity contribution in [2.45, 2.75) is 38.8 Å². The summed E-state index contributed by atoms with van der Waals surface area (Å²) in [5.74, 6) is 0. The van der Waals surface area contributed by atoms with Gasteiger partial charge in [-0.3, -0.25) is 4.90 Å². The second kappa shape index (κ2) is 5.61. The van der Waals surface area contributed by atoms with Gasteiger partial charge in [0.2, 0.25) is 0 Å². The molecule has 2 aliphatic heterocycles. The van der Waals surface area contributed by atoms with E-state index in [0.29, 0.717) is 12.6 Å². The van der Waals surface area contributed by atoms with Crippen molar-refractivity contribution in [2.24, 2.45) is 0 Å². The molecule has 2 heterocycles. The van der Waals surface area contributed by atoms with Crippen LogP contribution in [0, 0.1) is 0 Å². The zero-order chi connectivity index (χ0) is 13.9. The van der Waals surface area contributed by atoms with Crippen molar-refractivity contribution in [3.63, 3.8) is 0 Å². The van der Waals surface area contributed by atoms with Gasteiger partial charge in [0.05, 0.1) is 6.54 Å². The molecule has 0 aromatic heterocycles. The Morgan fingerprint density at radius 1 is 1.53 bits per heavy atom. The van der Waals surface area contributed by atoms with E-state index in [1.54, 1.807) is 11.1 Å². The smallest absolute Gasteiger partial charge is 0.414 e. The van der Waals surface area contributed by atoms with Gasteiger partial charge in [-0.2, -0.15) is 0 Å². The van der Waals surface area contributed by atoms with Gasteiger partial charge in [-0.1, -0.05) is 18.2 Å². The minimum Gasteiger partial charge on any atom is -0.443 e. The molecule has 1 amide bonds. The first-order valence-corrected chi connectivity index (χ1v) is 6.73. The van der Waals surface area contributed by atoms with E-state index < -0.39 is 5.60 Å². The summed E-state index contributed by atoms with van der Waals surface area (Å²) in [7, 11) is 0. The fourth-order valence-corrected chi connectivity index (χ4v) is 1.84. The lowest BCUT2D eigenvalue weighted by atomic mass is 10.0. The highest BCUT2D eigenvalue weighted by Crippen LogP contribution is 2.15. The van der Waals surface area contributed by atoms with Crippen molar-refractivity contribution in [2.75, 3.05) is 13.1 Å². The number of carbonyl (C=O) groups excluding carboxylic acids is 1. The molecule has 19 heavy (non-hydrogen) atoms. The van der Waals surface area contributed by atoms with Crippen molar-refractivity contribution in [1.82, 2.24) is 10.2 Å². The number of carbonyl (C=O) groups is 1. The maximum Gasteiger partial charge on any atom is 0.414 e. The Kier molecular flexibility index (Phi) is 4.10. The van der Waals surface area contributed by atoms with Crippen LogP contribution in [0.4, 0.5) is 4.79 Å². The van der Waals surface area contributed by atoms with Crippen LogP contribution in [0.5, 0.6) is 0 Å². The Morgan fingerprint density at radius 2 is 2.26 bits per heavy atom. The second-order valence-corrected chi connectivity index (χ2v) is 5.90. The zero-order valence-electron chi connectivity index (χ0n) is 11.8. The number of amides is 1. The van der Waals surface area contributed by atoms with Crippen LogP contribution in [0.1, 0.15) is 27.2 Å². The quantitative estimate of drug-likeness (QED) is 0.831. The monoisotopic (exact) mass is 262 g/mol. The van der Waals surface area contributed by atoms with Crippen LogP contribution in [0.15, 0.2) is 36.1 Å². The van der Waals surface area contributed by atoms with Crippen LogP contribution >= 0.6 is 0 Å². The molecule has 104 valence electrons. The highest BCUT2D eigenvalue weighted by Gasteiger charge is 2.22. The van der Waals surface area contributed by atoms with Gasteiger partial charge in [0.1, 0.15) is 5.60 Å². The van der Waals surface area contributed by atoms with Crippen molar-refractivity contribution in [3.8, 4) is 0 Å². The third-order valence-electron chi connectivity index (χ3n) is 2.96. The van der Waals surface area contributed by atoms with Gasteiger partial charge in [0.25, 0.3) is 0 Å². The molecule has 4 heteroatoms. The maximum absolute atomic E-state index is 12.0. The summed E-state index contributed by atoms with van der Waals surface area (Å²) in [6, 6.07) is 0.488. The zero-order valence-corrected chi connectivity index (χ0v) is 11.8. The normalized spacial score (nSPS) is 23.2. The number of rotatable bonds is 2. The lowest BCUT2D eigenvalue weighted by Crippen LogP contribution is -2.41. The predicted octanol–water partition coefficient (Wildman–Crippen LogP) is 2.60. The first-order valence-electron chi connectivity index (χ1n) is 6.73. The van der Waals surface area contributed by atoms with E-state index >= 15 is 0 Å². The molecule has 0 radical (unpaired) electrons. The lowest BCUT2D eigenvalue weighted by Gasteiger charge is -2.27. The van der Waals surface area contributed by atoms with Crippen LogP contribution < -0.4 is 5.32 Å². The van der Waals surface area contributed by atoms with Crippen molar-refractivity contribution < 1.29 is 9.53 Å². The minimum atomic E-state index is -0.460. The molecule has 1 fully saturated rings. The summed E-state index contributed by atoms with van der Waals surface area (Å²) in [6.45, 7) is 7.28. The fraction of sp³-hybridized carbons (Fsp3) is 0.533. The van der Waals surface area contributed by atoms with Crippen molar-refractivity contribution >= 4 is 6.09 Å². The van der Waals surface area contributed by atoms with Gasteiger partial charge >= 0.3 is 6.09 Å². The summed E-state index contributed by atoms with van der Waals surface area (Å²) in [5.41, 5.74) is 0.653. The second-order valence-electron chi connectivity index (χ2n) is 5.90. The Morgan fingerprint density at radius 3 is 2.84 bits per heavy atom. The van der Waals surface area contributed by atoms with E-state index in [4.69, 9.17) is 4.74 Å². The molecule has 0 saturated carbocycles. The highest BCUT2D eigenvalue weighted by atomic mass is 16.6. The molecule has 1 saturated heterocycles. The van der Waals surface area contributed by atoms with E-state index in [2.05, 4.69) is 17.5 Å². The Balaban J connectivity index is 1.89. The number of nitrogens with one attached hydrogen (secondary N) is 1. The Bertz CT molecular complexity index is 426. The molecular formula is C15H22N2O2. The van der Waals surface area contributed by atoms with E-state index in [9.17, 15) is 4.79 Å². The molecule has 4 nitrogen and oxygen atoms in total. The third-order valence-corrected chi connectivity index (χ3v) is 2.96. The summed E-state index contributed by atoms with van der Waals surface area (Å²) >= 11 is 0. The number of hydrogen-bond acceptors (Lipinski definition) is 3. The third kappa shape index (κ3) is 4.24. The van der Waals surface area contributed by atoms with E-state index in [-0.39, 0.29) is 6.09 Å². The number of ether oxygens (including phenoxy) is 1. The van der Waals surface area contributed by atoms with Crippen molar-refractivity contribution in [1.29, 1.82) is 0 Å². The van der Waals surface area contributed by atoms with Crippen LogP contribution in [-0.4, -0.2) is 35.7 Å². The Hall–Kier alpha value is -1.55. The number of nitrogens with zero attached hydrogens (tertiary/aromatic N) is 1. The average Bonchev–Trinajstić information content (AvgIpc) is 2.25. The summed E-state index contributed by atoms with van der Waals surface area (Å²) < 4.78 is 5.36. The number of allylic oxidation sites excluding steroid dienone is 2. The molecule has 0 spiro atoms.